The number of nitrogens with zero attached hydrogens (tertiary/aromatic N) is 1. The van der Waals surface area contributed by atoms with E-state index in [-0.39, 0.29) is 5.41 Å². The van der Waals surface area contributed by atoms with Crippen LogP contribution in [0.4, 0.5) is 0 Å². The predicted molar refractivity (Wildman–Crippen MR) is 74.4 cm³/mol. The lowest BCUT2D eigenvalue weighted by molar-refractivity contribution is -0.126. The van der Waals surface area contributed by atoms with Crippen molar-refractivity contribution in [3.05, 3.63) is 35.9 Å². The summed E-state index contributed by atoms with van der Waals surface area (Å²) in [6.07, 6.45) is 3.16. The number of rotatable bonds is 5. The molecule has 1 atom stereocenters. The van der Waals surface area contributed by atoms with Gasteiger partial charge in [0.2, 0.25) is 0 Å². The number of benzene rings is 1. The zero-order valence-electron chi connectivity index (χ0n) is 11.5. The molecule has 1 aliphatic rings. The van der Waals surface area contributed by atoms with Crippen molar-refractivity contribution in [2.24, 2.45) is 5.41 Å². The lowest BCUT2D eigenvalue weighted by Crippen LogP contribution is -2.33. The van der Waals surface area contributed by atoms with Crippen LogP contribution in [0.5, 0.6) is 0 Å². The summed E-state index contributed by atoms with van der Waals surface area (Å²) in [7, 11) is 0. The molecule has 1 aromatic rings. The van der Waals surface area contributed by atoms with Crippen LogP contribution in [0, 0.1) is 5.41 Å². The Morgan fingerprint density at radius 1 is 1.33 bits per heavy atom. The van der Waals surface area contributed by atoms with E-state index in [2.05, 4.69) is 36.1 Å². The molecule has 2 nitrogen and oxygen atoms in total. The normalized spacial score (nSPS) is 24.3. The topological polar surface area (TPSA) is 20.3 Å². The van der Waals surface area contributed by atoms with Gasteiger partial charge >= 0.3 is 0 Å². The van der Waals surface area contributed by atoms with Gasteiger partial charge in [-0.05, 0) is 31.9 Å². The number of carbonyl (C=O) groups excluding carboxylic acids is 1. The average Bonchev–Trinajstić information content (AvgIpc) is 2.76. The van der Waals surface area contributed by atoms with Crippen LogP contribution in [-0.2, 0) is 11.3 Å². The molecule has 0 spiro atoms. The first-order valence-corrected chi connectivity index (χ1v) is 6.93. The molecule has 0 N–H and O–H groups in total. The van der Waals surface area contributed by atoms with Gasteiger partial charge in [0.05, 0.1) is 0 Å². The molecular formula is C16H23NO. The Hall–Kier alpha value is -1.15. The van der Waals surface area contributed by atoms with E-state index in [1.807, 2.05) is 6.07 Å². The molecule has 18 heavy (non-hydrogen) atoms. The summed E-state index contributed by atoms with van der Waals surface area (Å²) in [4.78, 5) is 14.4. The minimum absolute atomic E-state index is 0.0659. The Morgan fingerprint density at radius 2 is 2.06 bits per heavy atom. The van der Waals surface area contributed by atoms with Crippen molar-refractivity contribution in [2.75, 3.05) is 13.1 Å². The lowest BCUT2D eigenvalue weighted by atomic mass is 9.79. The molecule has 2 rings (SSSR count). The number of ketones is 1. The second-order valence-electron chi connectivity index (χ2n) is 5.53. The quantitative estimate of drug-likeness (QED) is 0.793. The van der Waals surface area contributed by atoms with Crippen molar-refractivity contribution >= 4 is 5.78 Å². The maximum Gasteiger partial charge on any atom is 0.137 e. The standard InChI is InChI=1S/C16H23NO/c1-3-9-16(14(2)18)10-11-17(13-16)12-15-7-5-4-6-8-15/h4-8H,3,9-13H2,1-2H3. The van der Waals surface area contributed by atoms with Crippen LogP contribution in [0.3, 0.4) is 0 Å². The highest BCUT2D eigenvalue weighted by Gasteiger charge is 2.40. The minimum atomic E-state index is -0.0659. The van der Waals surface area contributed by atoms with Gasteiger partial charge in [0.25, 0.3) is 0 Å². The molecule has 1 aromatic carbocycles. The van der Waals surface area contributed by atoms with Crippen LogP contribution in [-0.4, -0.2) is 23.8 Å². The summed E-state index contributed by atoms with van der Waals surface area (Å²) in [5, 5.41) is 0. The molecular weight excluding hydrogens is 222 g/mol. The highest BCUT2D eigenvalue weighted by Crippen LogP contribution is 2.36. The maximum atomic E-state index is 11.9. The Morgan fingerprint density at radius 3 is 2.67 bits per heavy atom. The molecule has 1 aliphatic heterocycles. The number of carbonyl (C=O) groups is 1. The molecule has 1 heterocycles. The maximum absolute atomic E-state index is 11.9. The van der Waals surface area contributed by atoms with Crippen LogP contribution in [0.2, 0.25) is 0 Å². The van der Waals surface area contributed by atoms with E-state index in [4.69, 9.17) is 0 Å². The summed E-state index contributed by atoms with van der Waals surface area (Å²) >= 11 is 0. The summed E-state index contributed by atoms with van der Waals surface area (Å²) in [6, 6.07) is 10.5. The van der Waals surface area contributed by atoms with Gasteiger partial charge < -0.3 is 0 Å². The van der Waals surface area contributed by atoms with Crippen LogP contribution in [0.15, 0.2) is 30.3 Å². The first-order chi connectivity index (χ1) is 8.66. The highest BCUT2D eigenvalue weighted by molar-refractivity contribution is 5.83. The van der Waals surface area contributed by atoms with Crippen LogP contribution in [0.1, 0.15) is 38.7 Å². The molecule has 1 fully saturated rings. The van der Waals surface area contributed by atoms with Crippen molar-refractivity contribution < 1.29 is 4.79 Å². The summed E-state index contributed by atoms with van der Waals surface area (Å²) < 4.78 is 0. The van der Waals surface area contributed by atoms with Gasteiger partial charge in [-0.3, -0.25) is 9.69 Å². The molecule has 0 bridgehead atoms. The summed E-state index contributed by atoms with van der Waals surface area (Å²) in [6.45, 7) is 6.89. The second kappa shape index (κ2) is 5.66. The Kier molecular flexibility index (Phi) is 4.18. The van der Waals surface area contributed by atoms with E-state index in [1.54, 1.807) is 6.92 Å². The Balaban J connectivity index is 2.01. The fourth-order valence-electron chi connectivity index (χ4n) is 3.08. The zero-order chi connectivity index (χ0) is 13.0. The van der Waals surface area contributed by atoms with Crippen LogP contribution >= 0.6 is 0 Å². The Labute approximate surface area is 110 Å². The van der Waals surface area contributed by atoms with E-state index < -0.39 is 0 Å². The molecule has 2 heteroatoms. The molecule has 0 amide bonds. The third-order valence-corrected chi connectivity index (χ3v) is 4.16. The van der Waals surface area contributed by atoms with Crippen LogP contribution in [0.25, 0.3) is 0 Å². The number of hydrogen-bond donors (Lipinski definition) is 0. The van der Waals surface area contributed by atoms with Crippen molar-refractivity contribution in [1.82, 2.24) is 4.90 Å². The smallest absolute Gasteiger partial charge is 0.137 e. The molecule has 0 aliphatic carbocycles. The van der Waals surface area contributed by atoms with E-state index in [0.717, 1.165) is 38.9 Å². The first kappa shape index (κ1) is 13.3. The van der Waals surface area contributed by atoms with Crippen molar-refractivity contribution in [2.45, 2.75) is 39.7 Å². The predicted octanol–water partition coefficient (Wildman–Crippen LogP) is 3.27. The zero-order valence-corrected chi connectivity index (χ0v) is 11.5. The van der Waals surface area contributed by atoms with E-state index in [1.165, 1.54) is 5.56 Å². The fourth-order valence-corrected chi connectivity index (χ4v) is 3.08. The second-order valence-corrected chi connectivity index (χ2v) is 5.53. The first-order valence-electron chi connectivity index (χ1n) is 6.93. The van der Waals surface area contributed by atoms with E-state index in [9.17, 15) is 4.79 Å². The van der Waals surface area contributed by atoms with Gasteiger partial charge in [0.15, 0.2) is 0 Å². The third-order valence-electron chi connectivity index (χ3n) is 4.16. The van der Waals surface area contributed by atoms with Crippen molar-refractivity contribution in [3.63, 3.8) is 0 Å². The molecule has 1 saturated heterocycles. The van der Waals surface area contributed by atoms with E-state index >= 15 is 0 Å². The van der Waals surface area contributed by atoms with Gasteiger partial charge in [0.1, 0.15) is 5.78 Å². The van der Waals surface area contributed by atoms with Gasteiger partial charge in [-0.15, -0.1) is 0 Å². The van der Waals surface area contributed by atoms with Gasteiger partial charge in [-0.25, -0.2) is 0 Å². The monoisotopic (exact) mass is 245 g/mol. The third kappa shape index (κ3) is 2.81. The molecule has 0 radical (unpaired) electrons. The summed E-state index contributed by atoms with van der Waals surface area (Å²) in [5.74, 6) is 0.375. The molecule has 0 aromatic heterocycles. The Bertz CT molecular complexity index is 401. The van der Waals surface area contributed by atoms with E-state index in [0.29, 0.717) is 5.78 Å². The lowest BCUT2D eigenvalue weighted by Gasteiger charge is -2.26. The minimum Gasteiger partial charge on any atom is -0.299 e. The SMILES string of the molecule is CCCC1(C(C)=O)CCN(Cc2ccccc2)C1. The average molecular weight is 245 g/mol. The number of Topliss-reactive ketones (excluding diaryl/α,β-unsaturated/α-hetero) is 1. The molecule has 98 valence electrons. The van der Waals surface area contributed by atoms with Crippen LogP contribution < -0.4 is 0 Å². The number of likely N-dealkylation sites (tertiary alicyclic amines) is 1. The number of hydrogen-bond acceptors (Lipinski definition) is 2. The van der Waals surface area contributed by atoms with Crippen molar-refractivity contribution in [3.8, 4) is 0 Å². The highest BCUT2D eigenvalue weighted by atomic mass is 16.1. The molecule has 1 unspecified atom stereocenters. The van der Waals surface area contributed by atoms with Gasteiger partial charge in [0, 0.05) is 18.5 Å². The molecule has 0 saturated carbocycles. The largest absolute Gasteiger partial charge is 0.299 e. The summed E-state index contributed by atoms with van der Waals surface area (Å²) in [5.41, 5.74) is 1.28. The fraction of sp³-hybridized carbons (Fsp3) is 0.562. The van der Waals surface area contributed by atoms with Crippen molar-refractivity contribution in [1.29, 1.82) is 0 Å². The van der Waals surface area contributed by atoms with Gasteiger partial charge in [-0.2, -0.15) is 0 Å². The van der Waals surface area contributed by atoms with Gasteiger partial charge in [-0.1, -0.05) is 43.7 Å².